The number of nitrogens with one attached hydrogen (secondary N) is 14. The molecule has 3 aromatic carbocycles. The number of rotatable bonds is 26. The highest BCUT2D eigenvalue weighted by molar-refractivity contribution is 8.00. The Labute approximate surface area is 782 Å². The molecule has 3 aliphatic rings. The van der Waals surface area contributed by atoms with Gasteiger partial charge < -0.3 is 126 Å². The van der Waals surface area contributed by atoms with Gasteiger partial charge in [0, 0.05) is 113 Å². The average Bonchev–Trinajstić information content (AvgIpc) is 1.57. The van der Waals surface area contributed by atoms with Gasteiger partial charge in [0.1, 0.15) is 84.5 Å². The summed E-state index contributed by atoms with van der Waals surface area (Å²) in [6.07, 6.45) is 0.240. The van der Waals surface area contributed by atoms with E-state index in [9.17, 15) is 58.5 Å². The van der Waals surface area contributed by atoms with E-state index in [1.165, 1.54) is 67.0 Å². The first-order valence-corrected chi connectivity index (χ1v) is 46.8. The van der Waals surface area contributed by atoms with Crippen LogP contribution in [0.2, 0.25) is 0 Å². The lowest BCUT2D eigenvalue weighted by molar-refractivity contribution is -0.149. The highest BCUT2D eigenvalue weighted by Gasteiger charge is 2.47. The van der Waals surface area contributed by atoms with Crippen molar-refractivity contribution in [1.29, 1.82) is 5.41 Å². The Morgan fingerprint density at radius 1 is 0.545 bits per heavy atom. The predicted octanol–water partition coefficient (Wildman–Crippen LogP) is -2.09. The minimum Gasteiger partial charge on any atom is -0.508 e. The molecule has 0 bridgehead atoms. The van der Waals surface area contributed by atoms with E-state index >= 15 is 33.6 Å². The SMILES string of the molecule is CCCC[C@H]1C(=O)N(C)[C@@H](CCCC)C(=O)N[C@@H](CCCNC(=N)N)C(=O)N[C@H](C(=O)NCC(N)=O)CSCC(=O)N[C@@H](Cc2ccc(O)cc2)C(=O)N(C)[C@@H](C)C(=O)N[C@@H](CC(N)=O)C(O)N2CCC[C@H]2C(=O)N[C@@H](CN)C(=O)N[C@@H](CC(C)C)C(=O)N2C[C@H](O)C[C@H]2C(=O)N[C@@H](Cc2c[nH]c3ccccc23)C(=O)N[C@@H](CC(C)C)C(=O)N[C@@H](Cc2c[nH]c3ccccc23)C(=O)N1C. The van der Waals surface area contributed by atoms with E-state index in [4.69, 9.17) is 28.3 Å². The van der Waals surface area contributed by atoms with E-state index in [1.807, 2.05) is 26.0 Å². The number of aromatic nitrogens is 2. The number of nitrogens with two attached hydrogens (primary N) is 4. The number of aliphatic hydroxyl groups is 2. The zero-order chi connectivity index (χ0) is 98.5. The predicted molar refractivity (Wildman–Crippen MR) is 500 cm³/mol. The molecule has 0 spiro atoms. The molecule has 2 aromatic heterocycles. The lowest BCUT2D eigenvalue weighted by Gasteiger charge is -2.36. The molecule has 134 heavy (non-hydrogen) atoms. The van der Waals surface area contributed by atoms with Crippen molar-refractivity contribution >= 4 is 134 Å². The summed E-state index contributed by atoms with van der Waals surface area (Å²) in [4.78, 5) is 248. The number of thioether (sulfide) groups is 1. The summed E-state index contributed by atoms with van der Waals surface area (Å²) in [6, 6.07) is -0.627. The molecule has 3 aliphatic heterocycles. The average molecular weight is 1890 g/mol. The monoisotopic (exact) mass is 1890 g/mol. The van der Waals surface area contributed by atoms with Crippen molar-refractivity contribution in [2.45, 2.75) is 255 Å². The zero-order valence-electron chi connectivity index (χ0n) is 77.8. The third kappa shape index (κ3) is 30.3. The maximum absolute atomic E-state index is 15.9. The van der Waals surface area contributed by atoms with Crippen molar-refractivity contribution in [2.24, 2.45) is 34.8 Å². The van der Waals surface area contributed by atoms with Crippen LogP contribution in [0.4, 0.5) is 0 Å². The number of primary amides is 2. The molecule has 42 nitrogen and oxygen atoms in total. The third-order valence-corrected chi connectivity index (χ3v) is 25.3. The Kier molecular flexibility index (Phi) is 40.8. The smallest absolute Gasteiger partial charge is 0.245 e. The fraction of sp³-hybridized carbons (Fsp3) is 0.571. The minimum atomic E-state index is -1.86. The number of aromatic hydroxyl groups is 1. The second kappa shape index (κ2) is 51.1. The van der Waals surface area contributed by atoms with Crippen molar-refractivity contribution in [3.05, 3.63) is 102 Å². The van der Waals surface area contributed by atoms with Gasteiger partial charge >= 0.3 is 0 Å². The van der Waals surface area contributed by atoms with Gasteiger partial charge in [0.15, 0.2) is 5.96 Å². The molecule has 1 unspecified atom stereocenters. The first-order valence-electron chi connectivity index (χ1n) is 45.7. The fourth-order valence-electron chi connectivity index (χ4n) is 16.9. The van der Waals surface area contributed by atoms with Gasteiger partial charge in [-0.05, 0) is 111 Å². The van der Waals surface area contributed by atoms with Crippen molar-refractivity contribution in [2.75, 3.05) is 65.4 Å². The molecule has 0 aliphatic carbocycles. The second-order valence-corrected chi connectivity index (χ2v) is 36.6. The van der Waals surface area contributed by atoms with Crippen LogP contribution < -0.4 is 81.4 Å². The fourth-order valence-corrected chi connectivity index (χ4v) is 17.7. The topological polar surface area (TPSA) is 642 Å². The number of hydrogen-bond donors (Lipinski definition) is 21. The third-order valence-electron chi connectivity index (χ3n) is 24.3. The van der Waals surface area contributed by atoms with Crippen LogP contribution in [0.3, 0.4) is 0 Å². The first kappa shape index (κ1) is 107. The van der Waals surface area contributed by atoms with Gasteiger partial charge in [-0.25, -0.2) is 0 Å². The maximum atomic E-state index is 15.9. The molecule has 5 heterocycles. The maximum Gasteiger partial charge on any atom is 0.245 e. The number of hydrogen-bond acceptors (Lipinski definition) is 23. The molecule has 8 rings (SSSR count). The summed E-state index contributed by atoms with van der Waals surface area (Å²) in [5.41, 5.74) is 25.9. The summed E-state index contributed by atoms with van der Waals surface area (Å²) in [6.45, 7) is 10.4. The Morgan fingerprint density at radius 3 is 1.66 bits per heavy atom. The van der Waals surface area contributed by atoms with E-state index in [-0.39, 0.29) is 108 Å². The Morgan fingerprint density at radius 2 is 1.07 bits per heavy atom. The molecular formula is C91H135N23O19S. The number of phenolic OH excluding ortho intramolecular Hbond substituents is 1. The Balaban J connectivity index is 1.20. The van der Waals surface area contributed by atoms with Crippen LogP contribution in [0.5, 0.6) is 5.75 Å². The highest BCUT2D eigenvalue weighted by atomic mass is 32.2. The molecule has 734 valence electrons. The van der Waals surface area contributed by atoms with Crippen LogP contribution in [0.15, 0.2) is 85.2 Å². The minimum absolute atomic E-state index is 0.000137. The lowest BCUT2D eigenvalue weighted by Crippen LogP contribution is -2.62. The molecule has 16 amide bonds. The standard InChI is InChI=1S/C91H135N23O19S/c1-11-13-26-70-83(126)102-61(25-19-33-97-91(95)96)79(122)109-69(78(121)100-45-75(94)118)47-134-48-76(119)101-65(37-52-29-31-55(115)32-30-52)86(129)110(8)51(7)77(120)105-67(41-74(93)117)88(131)113-34-20-28-71(113)84(127)108-68(42-92)82(125)106-64(36-50(5)6)89(132)114-46-56(116)40-73(114)85(128)104-63(38-53-43-98-59-23-17-15-21-57(53)59)81(124)103-62(35-49(3)4)80(123)107-66(39-54-44-99-60-24-18-16-22-58(54)60)87(130)112(10)72(27-14-12-2)90(133)111(70)9/h15-18,21-24,29-32,43-44,49-51,56,61-73,88,98-99,115-116,131H,11-14,19-20,25-28,33-42,45-48,92H2,1-10H3,(H2,93,117)(H2,94,118)(H,100,121)(H,101,119)(H,102,126)(H,103,124)(H,104,128)(H,105,120)(H,106,125)(H,107,123)(H,108,127)(H,109,122)(H4,95,96,97)/t51-,56+,61-,62-,63-,64-,65-,66-,67-,68-,69-,70-,71-,72-,73-,88?/m0/s1. The lowest BCUT2D eigenvalue weighted by atomic mass is 9.98. The van der Waals surface area contributed by atoms with E-state index in [1.54, 1.807) is 76.5 Å². The Hall–Kier alpha value is -12.5. The van der Waals surface area contributed by atoms with E-state index in [0.29, 0.717) is 64.2 Å². The molecule has 3 fully saturated rings. The number of phenols is 1. The number of aromatic amines is 2. The van der Waals surface area contributed by atoms with Crippen LogP contribution in [-0.2, 0) is 96.0 Å². The number of carbonyl (C=O) groups is 16. The van der Waals surface area contributed by atoms with Gasteiger partial charge in [0.2, 0.25) is 94.5 Å². The molecule has 16 atom stereocenters. The molecule has 0 saturated carbocycles. The van der Waals surface area contributed by atoms with Gasteiger partial charge in [-0.15, -0.1) is 11.8 Å². The summed E-state index contributed by atoms with van der Waals surface area (Å²) in [5.74, 6) is -16.4. The summed E-state index contributed by atoms with van der Waals surface area (Å²) >= 11 is 0.778. The van der Waals surface area contributed by atoms with Crippen LogP contribution in [-0.4, -0.2) is 313 Å². The zero-order valence-corrected chi connectivity index (χ0v) is 78.6. The molecule has 3 saturated heterocycles. The number of nitrogens with zero attached hydrogens (tertiary/aromatic N) is 5. The van der Waals surface area contributed by atoms with Gasteiger partial charge in [0.25, 0.3) is 0 Å². The number of aliphatic hydroxyl groups excluding tert-OH is 2. The van der Waals surface area contributed by atoms with Crippen molar-refractivity contribution in [3.8, 4) is 5.75 Å². The molecular weight excluding hydrogens is 1750 g/mol. The van der Waals surface area contributed by atoms with Crippen LogP contribution in [0.1, 0.15) is 155 Å². The summed E-state index contributed by atoms with van der Waals surface area (Å²) in [5, 5.41) is 72.8. The number of H-pyrrole nitrogens is 2. The number of unbranched alkanes of at least 4 members (excludes halogenated alkanes) is 2. The first-order chi connectivity index (χ1) is 63.6. The summed E-state index contributed by atoms with van der Waals surface area (Å²) < 4.78 is 0. The number of carbonyl (C=O) groups excluding carboxylic acids is 16. The number of para-hydroxylation sites is 2. The van der Waals surface area contributed by atoms with Gasteiger partial charge in [-0.3, -0.25) is 87.0 Å². The second-order valence-electron chi connectivity index (χ2n) is 35.6. The molecule has 5 aromatic rings. The normalized spacial score (nSPS) is 25.6. The number of benzene rings is 3. The summed E-state index contributed by atoms with van der Waals surface area (Å²) in [7, 11) is 4.01. The van der Waals surface area contributed by atoms with Gasteiger partial charge in [-0.1, -0.05) is 116 Å². The molecule has 0 radical (unpaired) electrons. The van der Waals surface area contributed by atoms with Crippen molar-refractivity contribution in [1.82, 2.24) is 93.0 Å². The van der Waals surface area contributed by atoms with Gasteiger partial charge in [-0.2, -0.15) is 0 Å². The quantitative estimate of drug-likeness (QED) is 0.0160. The number of guanidine groups is 1. The Bertz CT molecular complexity index is 4950. The van der Waals surface area contributed by atoms with E-state index < -0.39 is 235 Å². The van der Waals surface area contributed by atoms with Crippen LogP contribution >= 0.6 is 11.8 Å². The number of amides is 16. The van der Waals surface area contributed by atoms with Crippen molar-refractivity contribution < 1.29 is 92.0 Å². The largest absolute Gasteiger partial charge is 0.508 e. The number of likely N-dealkylation sites (N-methyl/N-ethyl adjacent to an activating group) is 3. The van der Waals surface area contributed by atoms with E-state index in [2.05, 4.69) is 68.5 Å². The van der Waals surface area contributed by atoms with Crippen LogP contribution in [0.25, 0.3) is 21.8 Å². The molecule has 25 N–H and O–H groups in total. The van der Waals surface area contributed by atoms with Crippen molar-refractivity contribution in [3.63, 3.8) is 0 Å². The highest BCUT2D eigenvalue weighted by Crippen LogP contribution is 2.29. The van der Waals surface area contributed by atoms with Gasteiger partial charge in [0.05, 0.1) is 36.9 Å². The number of fused-ring (bicyclic) bond motifs is 4. The van der Waals surface area contributed by atoms with E-state index in [0.717, 1.165) is 21.6 Å². The van der Waals surface area contributed by atoms with Crippen LogP contribution in [0, 0.1) is 17.2 Å². The molecule has 43 heteroatoms.